The molecule has 1 aromatic rings. The second kappa shape index (κ2) is 3.79. The highest BCUT2D eigenvalue weighted by molar-refractivity contribution is 5.42. The maximum atomic E-state index is 13.1. The zero-order valence-corrected chi connectivity index (χ0v) is 7.63. The van der Waals surface area contributed by atoms with Crippen molar-refractivity contribution < 1.29 is 18.6 Å². The van der Waals surface area contributed by atoms with Gasteiger partial charge in [0, 0.05) is 0 Å². The molecule has 0 atom stereocenters. The number of alkyl halides is 2. The molecule has 0 amide bonds. The third-order valence-corrected chi connectivity index (χ3v) is 1.85. The second-order valence-electron chi connectivity index (χ2n) is 2.79. The maximum Gasteiger partial charge on any atom is 0.288 e. The Morgan fingerprint density at radius 2 is 2.14 bits per heavy atom. The van der Waals surface area contributed by atoms with Crippen LogP contribution in [0.4, 0.5) is 8.78 Å². The van der Waals surface area contributed by atoms with Crippen LogP contribution >= 0.6 is 0 Å². The Bertz CT molecular complexity index is 329. The molecule has 0 bridgehead atoms. The van der Waals surface area contributed by atoms with E-state index in [1.165, 1.54) is 13.2 Å². The lowest BCUT2D eigenvalue weighted by Gasteiger charge is -2.16. The summed E-state index contributed by atoms with van der Waals surface area (Å²) in [6.45, 7) is -0.853. The summed E-state index contributed by atoms with van der Waals surface area (Å²) in [4.78, 5) is 0. The zero-order valence-electron chi connectivity index (χ0n) is 7.63. The van der Waals surface area contributed by atoms with Crippen molar-refractivity contribution in [2.45, 2.75) is 5.92 Å². The Hall–Kier alpha value is -1.36. The highest BCUT2D eigenvalue weighted by Crippen LogP contribution is 2.35. The van der Waals surface area contributed by atoms with Gasteiger partial charge >= 0.3 is 0 Å². The average Bonchev–Trinajstić information content (AvgIpc) is 2.18. The number of hydrogen-bond donors (Lipinski definition) is 2. The van der Waals surface area contributed by atoms with Crippen LogP contribution in [0.2, 0.25) is 0 Å². The van der Waals surface area contributed by atoms with Crippen LogP contribution in [0.15, 0.2) is 18.2 Å². The first-order chi connectivity index (χ1) is 6.51. The van der Waals surface area contributed by atoms with Gasteiger partial charge in [0.15, 0.2) is 0 Å². The monoisotopic (exact) mass is 203 g/mol. The molecule has 0 fully saturated rings. The molecule has 14 heavy (non-hydrogen) atoms. The van der Waals surface area contributed by atoms with E-state index < -0.39 is 23.8 Å². The summed E-state index contributed by atoms with van der Waals surface area (Å²) in [5.74, 6) is -3.47. The van der Waals surface area contributed by atoms with Crippen LogP contribution in [-0.4, -0.2) is 18.8 Å². The first kappa shape index (κ1) is 10.7. The minimum atomic E-state index is -3.24. The molecule has 0 aromatic heterocycles. The molecule has 0 aliphatic carbocycles. The number of methoxy groups -OCH3 is 1. The molecule has 1 aromatic carbocycles. The molecule has 0 saturated carbocycles. The Morgan fingerprint density at radius 3 is 2.64 bits per heavy atom. The summed E-state index contributed by atoms with van der Waals surface area (Å²) in [7, 11) is 1.36. The van der Waals surface area contributed by atoms with Crippen molar-refractivity contribution in [1.29, 1.82) is 0 Å². The normalized spacial score (nSPS) is 11.4. The lowest BCUT2D eigenvalue weighted by atomic mass is 10.1. The molecule has 0 unspecified atom stereocenters. The summed E-state index contributed by atoms with van der Waals surface area (Å²) in [5, 5.41) is 9.21. The van der Waals surface area contributed by atoms with Crippen LogP contribution < -0.4 is 10.5 Å². The molecule has 0 aliphatic heterocycles. The van der Waals surface area contributed by atoms with Gasteiger partial charge in [0.1, 0.15) is 11.5 Å². The molecule has 0 aliphatic rings. The van der Waals surface area contributed by atoms with Gasteiger partial charge in [0.05, 0.1) is 19.2 Å². The molecular weight excluding hydrogens is 192 g/mol. The third kappa shape index (κ3) is 1.93. The van der Waals surface area contributed by atoms with E-state index in [-0.39, 0.29) is 5.75 Å². The van der Waals surface area contributed by atoms with Crippen LogP contribution in [-0.2, 0) is 5.92 Å². The number of phenols is 1. The predicted molar refractivity (Wildman–Crippen MR) is 47.6 cm³/mol. The number of halogens is 2. The van der Waals surface area contributed by atoms with Crippen LogP contribution in [0.5, 0.6) is 11.5 Å². The van der Waals surface area contributed by atoms with Crippen molar-refractivity contribution in [2.24, 2.45) is 5.73 Å². The molecule has 0 spiro atoms. The van der Waals surface area contributed by atoms with E-state index in [0.29, 0.717) is 0 Å². The van der Waals surface area contributed by atoms with E-state index in [1.54, 1.807) is 0 Å². The highest BCUT2D eigenvalue weighted by atomic mass is 19.3. The lowest BCUT2D eigenvalue weighted by molar-refractivity contribution is 0.00357. The molecule has 0 radical (unpaired) electrons. The fourth-order valence-corrected chi connectivity index (χ4v) is 1.05. The van der Waals surface area contributed by atoms with Crippen molar-refractivity contribution in [3.05, 3.63) is 23.8 Å². The van der Waals surface area contributed by atoms with Crippen LogP contribution in [0.25, 0.3) is 0 Å². The van der Waals surface area contributed by atoms with Crippen molar-refractivity contribution >= 4 is 0 Å². The van der Waals surface area contributed by atoms with Gasteiger partial charge < -0.3 is 15.6 Å². The van der Waals surface area contributed by atoms with E-state index >= 15 is 0 Å². The fraction of sp³-hybridized carbons (Fsp3) is 0.333. The number of hydrogen-bond acceptors (Lipinski definition) is 3. The van der Waals surface area contributed by atoms with Crippen molar-refractivity contribution in [3.63, 3.8) is 0 Å². The number of aromatic hydroxyl groups is 1. The van der Waals surface area contributed by atoms with E-state index in [0.717, 1.165) is 12.1 Å². The topological polar surface area (TPSA) is 55.5 Å². The minimum Gasteiger partial charge on any atom is -0.507 e. The predicted octanol–water partition coefficient (Wildman–Crippen LogP) is 1.45. The summed E-state index contributed by atoms with van der Waals surface area (Å²) >= 11 is 0. The maximum absolute atomic E-state index is 13.1. The molecule has 78 valence electrons. The van der Waals surface area contributed by atoms with Gasteiger partial charge in [0.25, 0.3) is 5.92 Å². The Labute approximate surface area is 80.1 Å². The number of phenolic OH excluding ortho intramolecular Hbond substituents is 1. The number of nitrogens with two attached hydrogens (primary N) is 1. The van der Waals surface area contributed by atoms with Crippen LogP contribution in [0, 0.1) is 0 Å². The third-order valence-electron chi connectivity index (χ3n) is 1.85. The van der Waals surface area contributed by atoms with Gasteiger partial charge in [-0.2, -0.15) is 8.78 Å². The van der Waals surface area contributed by atoms with E-state index in [1.807, 2.05) is 0 Å². The van der Waals surface area contributed by atoms with Crippen molar-refractivity contribution in [2.75, 3.05) is 13.7 Å². The minimum absolute atomic E-state index is 0.255. The Balaban J connectivity index is 3.18. The van der Waals surface area contributed by atoms with Gasteiger partial charge in [-0.05, 0) is 18.2 Å². The standard InChI is InChI=1S/C9H11F2NO2/c1-14-6-2-3-8(13)7(4-6)9(10,11)5-12/h2-4,13H,5,12H2,1H3. The first-order valence-corrected chi connectivity index (χ1v) is 3.96. The van der Waals surface area contributed by atoms with Crippen molar-refractivity contribution in [3.8, 4) is 11.5 Å². The number of benzene rings is 1. The SMILES string of the molecule is COc1ccc(O)c(C(F)(F)CN)c1. The lowest BCUT2D eigenvalue weighted by Crippen LogP contribution is -2.25. The molecule has 0 saturated heterocycles. The Kier molecular flexibility index (Phi) is 2.90. The second-order valence-corrected chi connectivity index (χ2v) is 2.79. The molecule has 0 heterocycles. The average molecular weight is 203 g/mol. The fourth-order valence-electron chi connectivity index (χ4n) is 1.05. The quantitative estimate of drug-likeness (QED) is 0.781. The van der Waals surface area contributed by atoms with Crippen molar-refractivity contribution in [1.82, 2.24) is 0 Å². The smallest absolute Gasteiger partial charge is 0.288 e. The van der Waals surface area contributed by atoms with Crippen LogP contribution in [0.3, 0.4) is 0 Å². The Morgan fingerprint density at radius 1 is 1.50 bits per heavy atom. The largest absolute Gasteiger partial charge is 0.507 e. The number of ether oxygens (including phenoxy) is 1. The van der Waals surface area contributed by atoms with E-state index in [4.69, 9.17) is 10.5 Å². The molecular formula is C9H11F2NO2. The number of rotatable bonds is 3. The summed E-state index contributed by atoms with van der Waals surface area (Å²) in [6, 6.07) is 3.62. The summed E-state index contributed by atoms with van der Waals surface area (Å²) in [6.07, 6.45) is 0. The molecule has 3 N–H and O–H groups in total. The molecule has 1 rings (SSSR count). The summed E-state index contributed by atoms with van der Waals surface area (Å²) in [5.41, 5.74) is 4.38. The van der Waals surface area contributed by atoms with Gasteiger partial charge in [-0.3, -0.25) is 0 Å². The highest BCUT2D eigenvalue weighted by Gasteiger charge is 2.32. The summed E-state index contributed by atoms with van der Waals surface area (Å²) < 4.78 is 31.0. The van der Waals surface area contributed by atoms with Gasteiger partial charge in [-0.25, -0.2) is 0 Å². The first-order valence-electron chi connectivity index (χ1n) is 3.96. The molecule has 5 heteroatoms. The van der Waals surface area contributed by atoms with E-state index in [2.05, 4.69) is 0 Å². The van der Waals surface area contributed by atoms with Gasteiger partial charge in [0.2, 0.25) is 0 Å². The molecule has 3 nitrogen and oxygen atoms in total. The van der Waals surface area contributed by atoms with Gasteiger partial charge in [-0.15, -0.1) is 0 Å². The van der Waals surface area contributed by atoms with E-state index in [9.17, 15) is 13.9 Å². The van der Waals surface area contributed by atoms with Gasteiger partial charge in [-0.1, -0.05) is 0 Å². The van der Waals surface area contributed by atoms with Crippen LogP contribution in [0.1, 0.15) is 5.56 Å². The zero-order chi connectivity index (χ0) is 10.8.